The van der Waals surface area contributed by atoms with Crippen molar-refractivity contribution in [2.45, 2.75) is 27.3 Å². The number of benzene rings is 1. The molecule has 0 unspecified atom stereocenters. The third-order valence-electron chi connectivity index (χ3n) is 2.64. The summed E-state index contributed by atoms with van der Waals surface area (Å²) < 4.78 is 22.6. The van der Waals surface area contributed by atoms with Crippen molar-refractivity contribution in [3.05, 3.63) is 34.9 Å². The third kappa shape index (κ3) is 5.33. The van der Waals surface area contributed by atoms with Crippen molar-refractivity contribution in [3.63, 3.8) is 0 Å². The van der Waals surface area contributed by atoms with Crippen LogP contribution in [-0.2, 0) is 16.4 Å². The van der Waals surface area contributed by atoms with E-state index in [0.717, 1.165) is 6.54 Å². The highest BCUT2D eigenvalue weighted by atomic mass is 32.2. The monoisotopic (exact) mass is 255 g/mol. The maximum absolute atomic E-state index is 11.3. The summed E-state index contributed by atoms with van der Waals surface area (Å²) in [4.78, 5) is 0. The van der Waals surface area contributed by atoms with Crippen molar-refractivity contribution in [1.82, 2.24) is 5.32 Å². The lowest BCUT2D eigenvalue weighted by molar-refractivity contribution is 0.592. The summed E-state index contributed by atoms with van der Waals surface area (Å²) in [7, 11) is -2.85. The SMILES string of the molecule is CCS(=O)(=O)CCNCc1cc(C)cc(C)c1. The Morgan fingerprint density at radius 2 is 1.71 bits per heavy atom. The summed E-state index contributed by atoms with van der Waals surface area (Å²) >= 11 is 0. The van der Waals surface area contributed by atoms with Gasteiger partial charge in [-0.3, -0.25) is 0 Å². The van der Waals surface area contributed by atoms with Crippen LogP contribution in [0.2, 0.25) is 0 Å². The maximum Gasteiger partial charge on any atom is 0.151 e. The summed E-state index contributed by atoms with van der Waals surface area (Å²) in [5.41, 5.74) is 3.68. The first-order valence-electron chi connectivity index (χ1n) is 5.91. The number of hydrogen-bond acceptors (Lipinski definition) is 3. The Labute approximate surface area is 104 Å². The summed E-state index contributed by atoms with van der Waals surface area (Å²) in [6.07, 6.45) is 0. The highest BCUT2D eigenvalue weighted by Gasteiger charge is 2.05. The molecule has 0 spiro atoms. The maximum atomic E-state index is 11.3. The minimum atomic E-state index is -2.85. The smallest absolute Gasteiger partial charge is 0.151 e. The van der Waals surface area contributed by atoms with E-state index in [4.69, 9.17) is 0 Å². The predicted octanol–water partition coefficient (Wildman–Crippen LogP) is 1.83. The van der Waals surface area contributed by atoms with E-state index in [1.165, 1.54) is 16.7 Å². The van der Waals surface area contributed by atoms with Crippen LogP contribution in [-0.4, -0.2) is 26.5 Å². The molecule has 17 heavy (non-hydrogen) atoms. The molecule has 1 N–H and O–H groups in total. The van der Waals surface area contributed by atoms with Crippen LogP contribution in [0.25, 0.3) is 0 Å². The molecule has 1 aromatic carbocycles. The van der Waals surface area contributed by atoms with Gasteiger partial charge in [-0.15, -0.1) is 0 Å². The van der Waals surface area contributed by atoms with Gasteiger partial charge in [0, 0.05) is 18.8 Å². The van der Waals surface area contributed by atoms with Crippen LogP contribution >= 0.6 is 0 Å². The van der Waals surface area contributed by atoms with Crippen LogP contribution in [0.15, 0.2) is 18.2 Å². The van der Waals surface area contributed by atoms with E-state index in [1.54, 1.807) is 6.92 Å². The van der Waals surface area contributed by atoms with Crippen molar-refractivity contribution in [1.29, 1.82) is 0 Å². The number of hydrogen-bond donors (Lipinski definition) is 1. The van der Waals surface area contributed by atoms with Crippen molar-refractivity contribution in [2.75, 3.05) is 18.1 Å². The molecule has 0 aromatic heterocycles. The van der Waals surface area contributed by atoms with Crippen LogP contribution in [0.3, 0.4) is 0 Å². The van der Waals surface area contributed by atoms with E-state index in [9.17, 15) is 8.42 Å². The van der Waals surface area contributed by atoms with Gasteiger partial charge in [0.1, 0.15) is 0 Å². The zero-order valence-electron chi connectivity index (χ0n) is 10.8. The fourth-order valence-corrected chi connectivity index (χ4v) is 2.52. The van der Waals surface area contributed by atoms with Gasteiger partial charge in [0.25, 0.3) is 0 Å². The molecule has 0 aliphatic rings. The van der Waals surface area contributed by atoms with Gasteiger partial charge in [-0.05, 0) is 19.4 Å². The lowest BCUT2D eigenvalue weighted by atomic mass is 10.1. The number of nitrogens with one attached hydrogen (secondary N) is 1. The molecule has 0 heterocycles. The van der Waals surface area contributed by atoms with E-state index >= 15 is 0 Å². The fraction of sp³-hybridized carbons (Fsp3) is 0.538. The third-order valence-corrected chi connectivity index (χ3v) is 4.35. The summed E-state index contributed by atoms with van der Waals surface area (Å²) in [5.74, 6) is 0.437. The van der Waals surface area contributed by atoms with Crippen LogP contribution in [0.5, 0.6) is 0 Å². The highest BCUT2D eigenvalue weighted by Crippen LogP contribution is 2.08. The number of rotatable bonds is 6. The molecule has 4 heteroatoms. The van der Waals surface area contributed by atoms with Gasteiger partial charge >= 0.3 is 0 Å². The summed E-state index contributed by atoms with van der Waals surface area (Å²) in [6.45, 7) is 7.06. The van der Waals surface area contributed by atoms with E-state index in [2.05, 4.69) is 37.4 Å². The van der Waals surface area contributed by atoms with Gasteiger partial charge in [0.15, 0.2) is 9.84 Å². The molecule has 0 amide bonds. The van der Waals surface area contributed by atoms with Crippen LogP contribution in [0.4, 0.5) is 0 Å². The first kappa shape index (κ1) is 14.2. The Morgan fingerprint density at radius 3 is 2.24 bits per heavy atom. The van der Waals surface area contributed by atoms with E-state index < -0.39 is 9.84 Å². The molecule has 3 nitrogen and oxygen atoms in total. The van der Waals surface area contributed by atoms with Crippen LogP contribution in [0.1, 0.15) is 23.6 Å². The highest BCUT2D eigenvalue weighted by molar-refractivity contribution is 7.91. The lowest BCUT2D eigenvalue weighted by Gasteiger charge is -2.07. The average molecular weight is 255 g/mol. The molecular formula is C13H21NO2S. The molecule has 0 aliphatic heterocycles. The van der Waals surface area contributed by atoms with Gasteiger partial charge in [-0.1, -0.05) is 36.2 Å². The molecule has 0 saturated carbocycles. The van der Waals surface area contributed by atoms with Crippen molar-refractivity contribution < 1.29 is 8.42 Å². The zero-order chi connectivity index (χ0) is 12.9. The molecule has 0 saturated heterocycles. The molecule has 1 rings (SSSR count). The summed E-state index contributed by atoms with van der Waals surface area (Å²) in [5, 5.41) is 3.17. The lowest BCUT2D eigenvalue weighted by Crippen LogP contribution is -2.23. The Hall–Kier alpha value is -0.870. The van der Waals surface area contributed by atoms with Crippen molar-refractivity contribution in [3.8, 4) is 0 Å². The molecule has 96 valence electrons. The minimum Gasteiger partial charge on any atom is -0.312 e. The van der Waals surface area contributed by atoms with Gasteiger partial charge in [-0.2, -0.15) is 0 Å². The van der Waals surface area contributed by atoms with Crippen LogP contribution in [0, 0.1) is 13.8 Å². The number of sulfone groups is 1. The van der Waals surface area contributed by atoms with E-state index in [-0.39, 0.29) is 11.5 Å². The second-order valence-electron chi connectivity index (χ2n) is 4.41. The van der Waals surface area contributed by atoms with Crippen molar-refractivity contribution >= 4 is 9.84 Å². The topological polar surface area (TPSA) is 46.2 Å². The molecule has 0 radical (unpaired) electrons. The van der Waals surface area contributed by atoms with E-state index in [0.29, 0.717) is 6.54 Å². The first-order valence-corrected chi connectivity index (χ1v) is 7.73. The predicted molar refractivity (Wildman–Crippen MR) is 72.0 cm³/mol. The molecule has 0 aliphatic carbocycles. The average Bonchev–Trinajstić information content (AvgIpc) is 2.23. The van der Waals surface area contributed by atoms with Crippen LogP contribution < -0.4 is 5.32 Å². The van der Waals surface area contributed by atoms with Gasteiger partial charge in [0.2, 0.25) is 0 Å². The Balaban J connectivity index is 2.41. The van der Waals surface area contributed by atoms with E-state index in [1.807, 2.05) is 0 Å². The van der Waals surface area contributed by atoms with Gasteiger partial charge in [-0.25, -0.2) is 8.42 Å². The molecule has 1 aromatic rings. The fourth-order valence-electron chi connectivity index (χ4n) is 1.78. The largest absolute Gasteiger partial charge is 0.312 e. The Bertz CT molecular complexity index is 446. The molecule has 0 fully saturated rings. The minimum absolute atomic E-state index is 0.217. The summed E-state index contributed by atoms with van der Waals surface area (Å²) in [6, 6.07) is 6.37. The van der Waals surface area contributed by atoms with Gasteiger partial charge < -0.3 is 5.32 Å². The van der Waals surface area contributed by atoms with Crippen molar-refractivity contribution in [2.24, 2.45) is 0 Å². The molecule has 0 atom stereocenters. The Morgan fingerprint density at radius 1 is 1.12 bits per heavy atom. The molecule has 0 bridgehead atoms. The molecular weight excluding hydrogens is 234 g/mol. The Kier molecular flexibility index (Phi) is 5.15. The first-order chi connectivity index (χ1) is 7.93. The normalized spacial score (nSPS) is 11.7. The second-order valence-corrected chi connectivity index (χ2v) is 6.88. The van der Waals surface area contributed by atoms with Gasteiger partial charge in [0.05, 0.1) is 5.75 Å². The number of aryl methyl sites for hydroxylation is 2. The quantitative estimate of drug-likeness (QED) is 0.789. The second kappa shape index (κ2) is 6.17. The zero-order valence-corrected chi connectivity index (χ0v) is 11.6. The standard InChI is InChI=1S/C13H21NO2S/c1-4-17(15,16)6-5-14-10-13-8-11(2)7-12(3)9-13/h7-9,14H,4-6,10H2,1-3H3.